The van der Waals surface area contributed by atoms with E-state index in [1.807, 2.05) is 0 Å². The van der Waals surface area contributed by atoms with Crippen LogP contribution < -0.4 is 15.2 Å². The van der Waals surface area contributed by atoms with E-state index in [4.69, 9.17) is 15.2 Å². The first-order valence-corrected chi connectivity index (χ1v) is 6.50. The molecule has 0 spiro atoms. The Kier molecular flexibility index (Phi) is 4.23. The van der Waals surface area contributed by atoms with Crippen molar-refractivity contribution in [2.75, 3.05) is 19.8 Å². The van der Waals surface area contributed by atoms with Crippen molar-refractivity contribution >= 4 is 15.9 Å². The van der Waals surface area contributed by atoms with E-state index in [2.05, 4.69) is 15.9 Å². The minimum atomic E-state index is -0.314. The van der Waals surface area contributed by atoms with Crippen molar-refractivity contribution in [3.63, 3.8) is 0 Å². The van der Waals surface area contributed by atoms with Crippen LogP contribution in [0.5, 0.6) is 11.5 Å². The number of hydrogen-bond acceptors (Lipinski definition) is 3. The Labute approximate surface area is 108 Å². The fourth-order valence-corrected chi connectivity index (χ4v) is 2.41. The first kappa shape index (κ1) is 12.6. The van der Waals surface area contributed by atoms with Gasteiger partial charge in [-0.05, 0) is 31.9 Å². The zero-order valence-corrected chi connectivity index (χ0v) is 11.1. The molecule has 0 saturated carbocycles. The van der Waals surface area contributed by atoms with E-state index in [1.165, 1.54) is 0 Å². The van der Waals surface area contributed by atoms with Crippen LogP contribution in [-0.2, 0) is 6.42 Å². The van der Waals surface area contributed by atoms with Gasteiger partial charge in [-0.2, -0.15) is 0 Å². The second-order valence-corrected chi connectivity index (χ2v) is 4.78. The second kappa shape index (κ2) is 5.69. The Morgan fingerprint density at radius 1 is 1.29 bits per heavy atom. The lowest BCUT2D eigenvalue weighted by molar-refractivity contribution is 0.163. The maximum atomic E-state index is 14.2. The van der Waals surface area contributed by atoms with E-state index in [9.17, 15) is 4.39 Å². The van der Waals surface area contributed by atoms with Crippen molar-refractivity contribution in [2.45, 2.75) is 19.3 Å². The molecule has 0 bridgehead atoms. The van der Waals surface area contributed by atoms with Gasteiger partial charge in [0.1, 0.15) is 13.2 Å². The van der Waals surface area contributed by atoms with Gasteiger partial charge in [0.2, 0.25) is 0 Å². The van der Waals surface area contributed by atoms with Crippen molar-refractivity contribution in [1.82, 2.24) is 0 Å². The van der Waals surface area contributed by atoms with Crippen LogP contribution in [0.25, 0.3) is 0 Å². The fraction of sp³-hybridized carbons (Fsp3) is 0.500. The number of ether oxygens (including phenoxy) is 2. The van der Waals surface area contributed by atoms with Crippen molar-refractivity contribution in [1.29, 1.82) is 0 Å². The molecule has 3 nitrogen and oxygen atoms in total. The van der Waals surface area contributed by atoms with E-state index in [-0.39, 0.29) is 11.6 Å². The van der Waals surface area contributed by atoms with E-state index < -0.39 is 0 Å². The summed E-state index contributed by atoms with van der Waals surface area (Å²) in [6, 6.07) is 1.77. The van der Waals surface area contributed by atoms with Gasteiger partial charge >= 0.3 is 0 Å². The monoisotopic (exact) mass is 303 g/mol. The van der Waals surface area contributed by atoms with Crippen LogP contribution in [0.2, 0.25) is 0 Å². The van der Waals surface area contributed by atoms with Crippen LogP contribution >= 0.6 is 15.9 Å². The molecule has 17 heavy (non-hydrogen) atoms. The van der Waals surface area contributed by atoms with Gasteiger partial charge in [0.25, 0.3) is 0 Å². The van der Waals surface area contributed by atoms with Crippen LogP contribution in [0.1, 0.15) is 18.4 Å². The predicted octanol–water partition coefficient (Wildman–Crippen LogP) is 2.64. The molecule has 0 amide bonds. The lowest BCUT2D eigenvalue weighted by Gasteiger charge is -2.21. The van der Waals surface area contributed by atoms with E-state index in [0.29, 0.717) is 37.5 Å². The molecule has 0 fully saturated rings. The summed E-state index contributed by atoms with van der Waals surface area (Å²) in [6.07, 6.45) is 2.41. The number of rotatable bonds is 4. The molecule has 1 aliphatic heterocycles. The average molecular weight is 304 g/mol. The molecule has 1 aromatic carbocycles. The molecule has 5 heteroatoms. The van der Waals surface area contributed by atoms with E-state index in [1.54, 1.807) is 6.07 Å². The smallest absolute Gasteiger partial charge is 0.197 e. The third-order valence-electron chi connectivity index (χ3n) is 2.70. The van der Waals surface area contributed by atoms with Gasteiger partial charge in [-0.1, -0.05) is 15.9 Å². The Hall–Kier alpha value is -0.810. The molecule has 1 aromatic rings. The standard InChI is InChI=1S/C12H15BrFNO2/c13-9-7-10-12(17-6-5-16-10)11(14)8(9)3-1-2-4-15/h7H,1-6,15H2. The highest BCUT2D eigenvalue weighted by atomic mass is 79.9. The number of unbranched alkanes of at least 4 members (excludes halogenated alkanes) is 1. The largest absolute Gasteiger partial charge is 0.486 e. The van der Waals surface area contributed by atoms with Gasteiger partial charge < -0.3 is 15.2 Å². The van der Waals surface area contributed by atoms with Gasteiger partial charge in [0.15, 0.2) is 17.3 Å². The molecule has 1 aliphatic rings. The number of fused-ring (bicyclic) bond motifs is 1. The summed E-state index contributed by atoms with van der Waals surface area (Å²) in [5, 5.41) is 0. The quantitative estimate of drug-likeness (QED) is 0.870. The van der Waals surface area contributed by atoms with Crippen LogP contribution in [0.15, 0.2) is 10.5 Å². The maximum absolute atomic E-state index is 14.2. The van der Waals surface area contributed by atoms with Crippen LogP contribution in [0.3, 0.4) is 0 Å². The molecule has 2 N–H and O–H groups in total. The normalized spacial score (nSPS) is 13.8. The van der Waals surface area contributed by atoms with Crippen molar-refractivity contribution in [3.8, 4) is 11.5 Å². The minimum absolute atomic E-state index is 0.238. The lowest BCUT2D eigenvalue weighted by atomic mass is 10.1. The Morgan fingerprint density at radius 3 is 2.82 bits per heavy atom. The SMILES string of the molecule is NCCCCc1c(Br)cc2c(c1F)OCCO2. The Morgan fingerprint density at radius 2 is 2.06 bits per heavy atom. The second-order valence-electron chi connectivity index (χ2n) is 3.92. The number of halogens is 2. The molecular weight excluding hydrogens is 289 g/mol. The highest BCUT2D eigenvalue weighted by Gasteiger charge is 2.21. The van der Waals surface area contributed by atoms with Crippen LogP contribution in [0, 0.1) is 5.82 Å². The highest BCUT2D eigenvalue weighted by Crippen LogP contribution is 2.39. The lowest BCUT2D eigenvalue weighted by Crippen LogP contribution is -2.17. The van der Waals surface area contributed by atoms with Gasteiger partial charge in [-0.3, -0.25) is 0 Å². The summed E-state index contributed by atoms with van der Waals surface area (Å²) >= 11 is 3.37. The molecule has 0 unspecified atom stereocenters. The maximum Gasteiger partial charge on any atom is 0.197 e. The first-order valence-electron chi connectivity index (χ1n) is 5.70. The molecule has 0 aromatic heterocycles. The van der Waals surface area contributed by atoms with Crippen molar-refractivity contribution in [2.24, 2.45) is 5.73 Å². The minimum Gasteiger partial charge on any atom is -0.486 e. The van der Waals surface area contributed by atoms with Gasteiger partial charge in [-0.25, -0.2) is 4.39 Å². The first-order chi connectivity index (χ1) is 8.24. The van der Waals surface area contributed by atoms with Gasteiger partial charge in [0.05, 0.1) is 0 Å². The molecular formula is C12H15BrFNO2. The summed E-state index contributed by atoms with van der Waals surface area (Å²) < 4.78 is 25.6. The Bertz CT molecular complexity index is 412. The highest BCUT2D eigenvalue weighted by molar-refractivity contribution is 9.10. The molecule has 2 rings (SSSR count). The topological polar surface area (TPSA) is 44.5 Å². The summed E-state index contributed by atoms with van der Waals surface area (Å²) in [5.74, 6) is 0.400. The van der Waals surface area contributed by atoms with E-state index in [0.717, 1.165) is 17.3 Å². The zero-order chi connectivity index (χ0) is 12.3. The van der Waals surface area contributed by atoms with Crippen molar-refractivity contribution in [3.05, 3.63) is 21.9 Å². The van der Waals surface area contributed by atoms with Crippen molar-refractivity contribution < 1.29 is 13.9 Å². The summed E-state index contributed by atoms with van der Waals surface area (Å²) in [7, 11) is 0. The third-order valence-corrected chi connectivity index (χ3v) is 3.41. The fourth-order valence-electron chi connectivity index (χ4n) is 1.83. The average Bonchev–Trinajstić information content (AvgIpc) is 2.33. The van der Waals surface area contributed by atoms with E-state index >= 15 is 0 Å². The molecule has 0 saturated heterocycles. The van der Waals surface area contributed by atoms with Gasteiger partial charge in [0, 0.05) is 10.0 Å². The third kappa shape index (κ3) is 2.72. The number of nitrogens with two attached hydrogens (primary N) is 1. The van der Waals surface area contributed by atoms with Gasteiger partial charge in [-0.15, -0.1) is 0 Å². The summed E-state index contributed by atoms with van der Waals surface area (Å²) in [5.41, 5.74) is 6.07. The van der Waals surface area contributed by atoms with Crippen LogP contribution in [0.4, 0.5) is 4.39 Å². The predicted molar refractivity (Wildman–Crippen MR) is 67.1 cm³/mol. The molecule has 0 radical (unpaired) electrons. The number of hydrogen-bond donors (Lipinski definition) is 1. The molecule has 0 atom stereocenters. The number of benzene rings is 1. The molecule has 94 valence electrons. The molecule has 1 heterocycles. The summed E-state index contributed by atoms with van der Waals surface area (Å²) in [4.78, 5) is 0. The molecule has 0 aliphatic carbocycles. The Balaban J connectivity index is 2.26. The summed E-state index contributed by atoms with van der Waals surface area (Å²) in [6.45, 7) is 1.49. The van der Waals surface area contributed by atoms with Crippen LogP contribution in [-0.4, -0.2) is 19.8 Å². The zero-order valence-electron chi connectivity index (χ0n) is 9.47.